The zero-order valence-corrected chi connectivity index (χ0v) is 22.8. The molecule has 2 aromatic heterocycles. The zero-order valence-electron chi connectivity index (χ0n) is 21.9. The van der Waals surface area contributed by atoms with E-state index in [1.165, 1.54) is 0 Å². The van der Waals surface area contributed by atoms with Crippen molar-refractivity contribution in [2.24, 2.45) is 5.16 Å². The van der Waals surface area contributed by atoms with E-state index in [2.05, 4.69) is 10.1 Å². The van der Waals surface area contributed by atoms with Crippen molar-refractivity contribution < 1.29 is 24.0 Å². The SMILES string of the molecule is O=C(COc1cccc2cccnc12)N1CCC(c2nc(C3=NOC(N4C(=O)c5ccccc5C4=O)C3)cs2)CC1. The number of imide groups is 1. The molecule has 4 aromatic rings. The first-order valence-corrected chi connectivity index (χ1v) is 14.3. The van der Waals surface area contributed by atoms with Crippen molar-refractivity contribution in [1.82, 2.24) is 19.8 Å². The predicted molar refractivity (Wildman–Crippen MR) is 151 cm³/mol. The molecule has 1 unspecified atom stereocenters. The first-order valence-electron chi connectivity index (χ1n) is 13.5. The third-order valence-corrected chi connectivity index (χ3v) is 8.73. The molecule has 5 heterocycles. The lowest BCUT2D eigenvalue weighted by atomic mass is 9.97. The number of piperidine rings is 1. The number of pyridine rings is 1. The van der Waals surface area contributed by atoms with Crippen molar-refractivity contribution in [2.45, 2.75) is 31.4 Å². The van der Waals surface area contributed by atoms with Crippen LogP contribution in [0.2, 0.25) is 0 Å². The smallest absolute Gasteiger partial charge is 0.264 e. The standard InChI is InChI=1S/C30H25N5O5S/c36-25(16-39-24-9-3-5-18-6-4-12-31-27(18)24)34-13-10-19(11-14-34)28-32-23(17-41-28)22-15-26(40-33-22)35-29(37)20-7-1-2-8-21(20)30(35)38/h1-9,12,17,19,26H,10-11,13-16H2. The molecule has 7 rings (SSSR count). The molecule has 41 heavy (non-hydrogen) atoms. The van der Waals surface area contributed by atoms with E-state index in [4.69, 9.17) is 14.6 Å². The van der Waals surface area contributed by atoms with Crippen molar-refractivity contribution in [3.05, 3.63) is 88.0 Å². The van der Waals surface area contributed by atoms with Gasteiger partial charge in [0.2, 0.25) is 6.23 Å². The Labute approximate surface area is 239 Å². The monoisotopic (exact) mass is 567 g/mol. The van der Waals surface area contributed by atoms with E-state index in [1.54, 1.807) is 41.8 Å². The molecule has 0 N–H and O–H groups in total. The Balaban J connectivity index is 0.932. The maximum Gasteiger partial charge on any atom is 0.264 e. The molecule has 1 fully saturated rings. The second-order valence-electron chi connectivity index (χ2n) is 10.2. The topological polar surface area (TPSA) is 114 Å². The fourth-order valence-electron chi connectivity index (χ4n) is 5.53. The highest BCUT2D eigenvalue weighted by molar-refractivity contribution is 7.10. The lowest BCUT2D eigenvalue weighted by Crippen LogP contribution is -2.40. The number of ether oxygens (including phenoxy) is 1. The van der Waals surface area contributed by atoms with Gasteiger partial charge in [0.15, 0.2) is 6.61 Å². The van der Waals surface area contributed by atoms with Gasteiger partial charge in [-0.3, -0.25) is 19.4 Å². The summed E-state index contributed by atoms with van der Waals surface area (Å²) in [6.45, 7) is 1.22. The van der Waals surface area contributed by atoms with E-state index >= 15 is 0 Å². The number of oxime groups is 1. The molecule has 0 aliphatic carbocycles. The predicted octanol–water partition coefficient (Wildman–Crippen LogP) is 4.22. The molecule has 0 saturated carbocycles. The number of fused-ring (bicyclic) bond motifs is 2. The number of amides is 3. The number of para-hydroxylation sites is 1. The molecule has 11 heteroatoms. The highest BCUT2D eigenvalue weighted by atomic mass is 32.1. The van der Waals surface area contributed by atoms with Gasteiger partial charge in [0.1, 0.15) is 17.0 Å². The van der Waals surface area contributed by atoms with Crippen LogP contribution >= 0.6 is 11.3 Å². The van der Waals surface area contributed by atoms with Gasteiger partial charge in [-0.05, 0) is 37.1 Å². The van der Waals surface area contributed by atoms with Crippen LogP contribution in [-0.4, -0.2) is 69.1 Å². The van der Waals surface area contributed by atoms with Crippen LogP contribution in [-0.2, 0) is 9.63 Å². The fraction of sp³-hybridized carbons (Fsp3) is 0.267. The Morgan fingerprint density at radius 2 is 1.76 bits per heavy atom. The second-order valence-corrected chi connectivity index (χ2v) is 11.1. The number of likely N-dealkylation sites (tertiary alicyclic amines) is 1. The van der Waals surface area contributed by atoms with Crippen LogP contribution < -0.4 is 4.74 Å². The summed E-state index contributed by atoms with van der Waals surface area (Å²) in [7, 11) is 0. The molecule has 0 spiro atoms. The Kier molecular flexibility index (Phi) is 6.43. The molecule has 3 amide bonds. The van der Waals surface area contributed by atoms with E-state index < -0.39 is 6.23 Å². The number of nitrogens with zero attached hydrogens (tertiary/aromatic N) is 5. The molecular formula is C30H25N5O5S. The maximum absolute atomic E-state index is 12.9. The van der Waals surface area contributed by atoms with Crippen LogP contribution in [0.15, 0.2) is 71.3 Å². The average molecular weight is 568 g/mol. The highest BCUT2D eigenvalue weighted by Crippen LogP contribution is 2.33. The third kappa shape index (κ3) is 4.61. The second kappa shape index (κ2) is 10.4. The van der Waals surface area contributed by atoms with Crippen LogP contribution in [0.5, 0.6) is 5.75 Å². The van der Waals surface area contributed by atoms with Crippen molar-refractivity contribution in [1.29, 1.82) is 0 Å². The summed E-state index contributed by atoms with van der Waals surface area (Å²) in [5.41, 5.74) is 2.81. The van der Waals surface area contributed by atoms with Crippen molar-refractivity contribution in [3.8, 4) is 5.75 Å². The molecule has 3 aliphatic rings. The summed E-state index contributed by atoms with van der Waals surface area (Å²) < 4.78 is 5.85. The quantitative estimate of drug-likeness (QED) is 0.321. The number of aromatic nitrogens is 2. The van der Waals surface area contributed by atoms with Gasteiger partial charge in [-0.1, -0.05) is 35.5 Å². The minimum Gasteiger partial charge on any atom is -0.481 e. The number of carbonyl (C=O) groups is 3. The summed E-state index contributed by atoms with van der Waals surface area (Å²) in [6, 6.07) is 16.3. The number of rotatable bonds is 6. The molecule has 2 aromatic carbocycles. The number of benzene rings is 2. The largest absolute Gasteiger partial charge is 0.481 e. The van der Waals surface area contributed by atoms with Gasteiger partial charge in [-0.25, -0.2) is 9.88 Å². The molecule has 0 radical (unpaired) electrons. The first-order chi connectivity index (χ1) is 20.1. The van der Waals surface area contributed by atoms with E-state index in [9.17, 15) is 14.4 Å². The van der Waals surface area contributed by atoms with Crippen LogP contribution in [0.1, 0.15) is 56.6 Å². The Morgan fingerprint density at radius 1 is 1.00 bits per heavy atom. The minimum absolute atomic E-state index is 0.0319. The molecule has 206 valence electrons. The zero-order chi connectivity index (χ0) is 27.9. The van der Waals surface area contributed by atoms with Crippen LogP contribution in [0.4, 0.5) is 0 Å². The van der Waals surface area contributed by atoms with E-state index in [1.807, 2.05) is 40.6 Å². The normalized spacial score (nSPS) is 18.9. The molecular weight excluding hydrogens is 542 g/mol. The lowest BCUT2D eigenvalue weighted by Gasteiger charge is -2.31. The van der Waals surface area contributed by atoms with Crippen molar-refractivity contribution >= 4 is 45.7 Å². The van der Waals surface area contributed by atoms with Crippen LogP contribution in [0.3, 0.4) is 0 Å². The van der Waals surface area contributed by atoms with Gasteiger partial charge < -0.3 is 14.5 Å². The van der Waals surface area contributed by atoms with Crippen LogP contribution in [0.25, 0.3) is 10.9 Å². The summed E-state index contributed by atoms with van der Waals surface area (Å²) in [6.07, 6.45) is 2.81. The lowest BCUT2D eigenvalue weighted by molar-refractivity contribution is -0.134. The summed E-state index contributed by atoms with van der Waals surface area (Å²) in [5.74, 6) is 0.0486. The third-order valence-electron chi connectivity index (χ3n) is 7.73. The van der Waals surface area contributed by atoms with E-state index in [0.29, 0.717) is 41.4 Å². The number of hydrogen-bond acceptors (Lipinski definition) is 9. The molecule has 3 aliphatic heterocycles. The van der Waals surface area contributed by atoms with Crippen LogP contribution in [0, 0.1) is 0 Å². The van der Waals surface area contributed by atoms with Gasteiger partial charge >= 0.3 is 0 Å². The van der Waals surface area contributed by atoms with Crippen molar-refractivity contribution in [3.63, 3.8) is 0 Å². The Morgan fingerprint density at radius 3 is 2.54 bits per heavy atom. The summed E-state index contributed by atoms with van der Waals surface area (Å²) in [4.78, 5) is 56.2. The van der Waals surface area contributed by atoms with Gasteiger partial charge in [0.25, 0.3) is 17.7 Å². The molecule has 10 nitrogen and oxygen atoms in total. The fourth-order valence-corrected chi connectivity index (χ4v) is 6.53. The van der Waals surface area contributed by atoms with Gasteiger partial charge in [0, 0.05) is 36.0 Å². The molecule has 1 atom stereocenters. The number of thiazole rings is 1. The molecule has 1 saturated heterocycles. The van der Waals surface area contributed by atoms with E-state index in [-0.39, 0.29) is 36.7 Å². The number of carbonyl (C=O) groups excluding carboxylic acids is 3. The first kappa shape index (κ1) is 25.3. The molecule has 0 bridgehead atoms. The highest BCUT2D eigenvalue weighted by Gasteiger charge is 2.43. The Hall–Kier alpha value is -4.64. The average Bonchev–Trinajstić information content (AvgIpc) is 3.75. The maximum atomic E-state index is 12.9. The number of hydrogen-bond donors (Lipinski definition) is 0. The van der Waals surface area contributed by atoms with Gasteiger partial charge in [-0.15, -0.1) is 11.3 Å². The Bertz CT molecular complexity index is 1670. The van der Waals surface area contributed by atoms with Crippen molar-refractivity contribution in [2.75, 3.05) is 19.7 Å². The summed E-state index contributed by atoms with van der Waals surface area (Å²) in [5, 5.41) is 8.05. The minimum atomic E-state index is -0.788. The van der Waals surface area contributed by atoms with Gasteiger partial charge in [-0.2, -0.15) is 0 Å². The van der Waals surface area contributed by atoms with Gasteiger partial charge in [0.05, 0.1) is 28.2 Å². The summed E-state index contributed by atoms with van der Waals surface area (Å²) >= 11 is 1.56. The van der Waals surface area contributed by atoms with E-state index in [0.717, 1.165) is 33.7 Å².